The van der Waals surface area contributed by atoms with E-state index in [9.17, 15) is 33.6 Å². The molecular formula is C42H44O17S. The second-order valence-electron chi connectivity index (χ2n) is 13.4. The lowest BCUT2D eigenvalue weighted by Crippen LogP contribution is -2.66. The topological polar surface area (TPSA) is 212 Å². The first-order valence-electron chi connectivity index (χ1n) is 18.7. The van der Waals surface area contributed by atoms with E-state index in [-0.39, 0.29) is 11.1 Å². The Kier molecular flexibility index (Phi) is 16.2. The van der Waals surface area contributed by atoms with Crippen LogP contribution < -0.4 is 0 Å². The van der Waals surface area contributed by atoms with Crippen LogP contribution in [0, 0.1) is 0 Å². The molecule has 2 aliphatic rings. The number of hydrogen-bond donors (Lipinski definition) is 0. The van der Waals surface area contributed by atoms with Gasteiger partial charge in [-0.3, -0.25) is 24.0 Å². The van der Waals surface area contributed by atoms with Gasteiger partial charge in [-0.15, -0.1) is 0 Å². The molecule has 0 aliphatic carbocycles. The number of ether oxygens (including phenoxy) is 10. The molecule has 0 spiro atoms. The highest BCUT2D eigenvalue weighted by Gasteiger charge is 2.57. The standard InChI is InChI=1S/C42H44O17S/c1-23(43)50-21-31-33(52-25(3)45)35(53-26(4)46)37(54-27(5)47)41(55-31)59-34-32(22-51-24(2)44)56-42(60-30-19-13-8-14-20-30)38(58-40(49)29-17-11-7-12-18-29)36(34)57-39(48)28-15-9-6-10-16-28/h6-20,31-38,41-42H,21-22H2,1-5H3/t31-,32-,33+,34+,35+,36+,37-,38-,41-,42+/m1/s1. The van der Waals surface area contributed by atoms with Crippen molar-refractivity contribution in [2.75, 3.05) is 13.2 Å². The number of carbonyl (C=O) groups is 7. The average molecular weight is 853 g/mol. The summed E-state index contributed by atoms with van der Waals surface area (Å²) in [6.45, 7) is 4.37. The van der Waals surface area contributed by atoms with Gasteiger partial charge in [-0.2, -0.15) is 0 Å². The van der Waals surface area contributed by atoms with E-state index in [0.29, 0.717) is 4.90 Å². The van der Waals surface area contributed by atoms with Crippen molar-refractivity contribution in [3.8, 4) is 0 Å². The third-order valence-electron chi connectivity index (χ3n) is 8.78. The maximum atomic E-state index is 14.0. The second kappa shape index (κ2) is 21.4. The summed E-state index contributed by atoms with van der Waals surface area (Å²) in [7, 11) is 0. The van der Waals surface area contributed by atoms with E-state index >= 15 is 0 Å². The van der Waals surface area contributed by atoms with Crippen molar-refractivity contribution in [3.63, 3.8) is 0 Å². The average Bonchev–Trinajstić information content (AvgIpc) is 3.21. The highest BCUT2D eigenvalue weighted by molar-refractivity contribution is 7.99. The molecule has 60 heavy (non-hydrogen) atoms. The van der Waals surface area contributed by atoms with Crippen LogP contribution in [0.2, 0.25) is 0 Å². The van der Waals surface area contributed by atoms with Gasteiger partial charge in [0.15, 0.2) is 36.8 Å². The minimum absolute atomic E-state index is 0.104. The number of carbonyl (C=O) groups excluding carboxylic acids is 7. The second-order valence-corrected chi connectivity index (χ2v) is 14.6. The van der Waals surface area contributed by atoms with Gasteiger partial charge in [-0.1, -0.05) is 66.4 Å². The highest BCUT2D eigenvalue weighted by atomic mass is 32.2. The first-order chi connectivity index (χ1) is 28.7. The molecule has 5 rings (SSSR count). The molecule has 0 saturated carbocycles. The molecule has 0 amide bonds. The highest BCUT2D eigenvalue weighted by Crippen LogP contribution is 2.40. The Bertz CT molecular complexity index is 1960. The number of rotatable bonds is 15. The molecule has 17 nitrogen and oxygen atoms in total. The van der Waals surface area contributed by atoms with Crippen LogP contribution in [0.4, 0.5) is 0 Å². The summed E-state index contributed by atoms with van der Waals surface area (Å²) in [5.74, 6) is -5.82. The maximum absolute atomic E-state index is 14.0. The molecule has 3 aromatic carbocycles. The fourth-order valence-electron chi connectivity index (χ4n) is 6.35. The van der Waals surface area contributed by atoms with Crippen LogP contribution in [-0.4, -0.2) is 116 Å². The van der Waals surface area contributed by atoms with E-state index in [1.54, 1.807) is 66.7 Å². The minimum Gasteiger partial charge on any atom is -0.463 e. The van der Waals surface area contributed by atoms with Crippen LogP contribution in [0.5, 0.6) is 0 Å². The molecule has 2 aliphatic heterocycles. The van der Waals surface area contributed by atoms with Gasteiger partial charge in [0.05, 0.1) is 11.1 Å². The number of thioether (sulfide) groups is 1. The Hall–Kier alpha value is -5.82. The fraction of sp³-hybridized carbons (Fsp3) is 0.405. The molecule has 3 aromatic rings. The SMILES string of the molecule is CC(=O)OC[C@H]1O[C@@H](Sc2ccccc2)[C@H](OC(=O)c2ccccc2)[C@@H](OC(=O)c2ccccc2)[C@H]1O[C@H]1O[C@H](COC(C)=O)[C@H](OC(C)=O)[C@H](OC(C)=O)[C@H]1OC(C)=O. The van der Waals surface area contributed by atoms with E-state index in [1.807, 2.05) is 0 Å². The summed E-state index contributed by atoms with van der Waals surface area (Å²) >= 11 is 1.11. The van der Waals surface area contributed by atoms with Gasteiger partial charge >= 0.3 is 41.8 Å². The van der Waals surface area contributed by atoms with Crippen molar-refractivity contribution in [1.29, 1.82) is 0 Å². The summed E-state index contributed by atoms with van der Waals surface area (Å²) in [5.41, 5.74) is -0.912. The van der Waals surface area contributed by atoms with Gasteiger partial charge in [-0.25, -0.2) is 9.59 Å². The van der Waals surface area contributed by atoms with Gasteiger partial charge in [0, 0.05) is 39.5 Å². The lowest BCUT2D eigenvalue weighted by Gasteiger charge is -2.48. The normalized spacial score (nSPS) is 26.0. The molecule has 2 saturated heterocycles. The van der Waals surface area contributed by atoms with Crippen LogP contribution >= 0.6 is 11.8 Å². The predicted molar refractivity (Wildman–Crippen MR) is 206 cm³/mol. The molecule has 2 heterocycles. The van der Waals surface area contributed by atoms with Gasteiger partial charge in [-0.05, 0) is 36.4 Å². The Morgan fingerprint density at radius 2 is 0.883 bits per heavy atom. The zero-order valence-electron chi connectivity index (χ0n) is 33.2. The fourth-order valence-corrected chi connectivity index (χ4v) is 7.47. The first-order valence-corrected chi connectivity index (χ1v) is 19.6. The number of hydrogen-bond acceptors (Lipinski definition) is 18. The van der Waals surface area contributed by atoms with Gasteiger partial charge < -0.3 is 47.4 Å². The number of benzene rings is 3. The molecule has 0 N–H and O–H groups in total. The van der Waals surface area contributed by atoms with Crippen LogP contribution in [-0.2, 0) is 71.3 Å². The summed E-state index contributed by atoms with van der Waals surface area (Å²) in [6.07, 6.45) is -14.2. The Morgan fingerprint density at radius 1 is 0.467 bits per heavy atom. The van der Waals surface area contributed by atoms with Crippen LogP contribution in [0.3, 0.4) is 0 Å². The van der Waals surface area contributed by atoms with Gasteiger partial charge in [0.2, 0.25) is 0 Å². The van der Waals surface area contributed by atoms with E-state index < -0.39 is 116 Å². The monoisotopic (exact) mass is 852 g/mol. The van der Waals surface area contributed by atoms with E-state index in [2.05, 4.69) is 0 Å². The quantitative estimate of drug-likeness (QED) is 0.156. The smallest absolute Gasteiger partial charge is 0.338 e. The summed E-state index contributed by atoms with van der Waals surface area (Å²) < 4.78 is 59.1. The zero-order valence-corrected chi connectivity index (χ0v) is 34.0. The molecule has 0 bridgehead atoms. The summed E-state index contributed by atoms with van der Waals surface area (Å²) in [5, 5.41) is 0. The van der Waals surface area contributed by atoms with Crippen LogP contribution in [0.1, 0.15) is 55.3 Å². The summed E-state index contributed by atoms with van der Waals surface area (Å²) in [4.78, 5) is 90.4. The predicted octanol–water partition coefficient (Wildman–Crippen LogP) is 3.99. The maximum Gasteiger partial charge on any atom is 0.338 e. The molecule has 2 fully saturated rings. The third kappa shape index (κ3) is 12.6. The van der Waals surface area contributed by atoms with Crippen molar-refractivity contribution in [2.45, 2.75) is 100 Å². The molecule has 10 atom stereocenters. The van der Waals surface area contributed by atoms with Crippen molar-refractivity contribution in [1.82, 2.24) is 0 Å². The minimum atomic E-state index is -1.82. The van der Waals surface area contributed by atoms with Crippen molar-refractivity contribution >= 4 is 53.5 Å². The lowest BCUT2D eigenvalue weighted by molar-refractivity contribution is -0.340. The van der Waals surface area contributed by atoms with Gasteiger partial charge in [0.25, 0.3) is 0 Å². The van der Waals surface area contributed by atoms with E-state index in [4.69, 9.17) is 47.4 Å². The van der Waals surface area contributed by atoms with Crippen LogP contribution in [0.15, 0.2) is 95.9 Å². The number of esters is 7. The Morgan fingerprint density at radius 3 is 1.37 bits per heavy atom. The van der Waals surface area contributed by atoms with Crippen molar-refractivity contribution in [3.05, 3.63) is 102 Å². The van der Waals surface area contributed by atoms with E-state index in [0.717, 1.165) is 46.4 Å². The molecule has 0 radical (unpaired) electrons. The van der Waals surface area contributed by atoms with Crippen molar-refractivity contribution in [2.24, 2.45) is 0 Å². The first kappa shape index (κ1) is 45.3. The molecule has 18 heteroatoms. The van der Waals surface area contributed by atoms with E-state index in [1.165, 1.54) is 24.3 Å². The Labute approximate surface area is 349 Å². The Balaban J connectivity index is 1.67. The molecule has 320 valence electrons. The van der Waals surface area contributed by atoms with Crippen molar-refractivity contribution < 1.29 is 80.9 Å². The summed E-state index contributed by atoms with van der Waals surface area (Å²) in [6, 6.07) is 24.8. The third-order valence-corrected chi connectivity index (χ3v) is 9.94. The van der Waals surface area contributed by atoms with Gasteiger partial charge in [0.1, 0.15) is 37.0 Å². The molecule has 0 aromatic heterocycles. The molecule has 0 unspecified atom stereocenters. The largest absolute Gasteiger partial charge is 0.463 e. The zero-order chi connectivity index (χ0) is 43.3. The van der Waals surface area contributed by atoms with Crippen LogP contribution in [0.25, 0.3) is 0 Å². The lowest BCUT2D eigenvalue weighted by atomic mass is 9.96. The molecular weight excluding hydrogens is 809 g/mol.